The van der Waals surface area contributed by atoms with Crippen LogP contribution in [0.5, 0.6) is 0 Å². The molecular formula is C14H11ClO2. The predicted octanol–water partition coefficient (Wildman–Crippen LogP) is 2.91. The van der Waals surface area contributed by atoms with Gasteiger partial charge in [0.1, 0.15) is 0 Å². The fourth-order valence-corrected chi connectivity index (χ4v) is 1.83. The van der Waals surface area contributed by atoms with Gasteiger partial charge in [0, 0.05) is 11.4 Å². The molecule has 0 saturated carbocycles. The summed E-state index contributed by atoms with van der Waals surface area (Å²) in [5.74, 6) is -0.772. The Balaban J connectivity index is 2.12. The molecule has 1 aliphatic rings. The average Bonchev–Trinajstić information content (AvgIpc) is 2.45. The van der Waals surface area contributed by atoms with E-state index in [1.807, 2.05) is 30.3 Å². The number of hydrogen-bond donors (Lipinski definition) is 0. The van der Waals surface area contributed by atoms with E-state index in [9.17, 15) is 9.59 Å². The molecule has 0 unspecified atom stereocenters. The zero-order chi connectivity index (χ0) is 12.3. The van der Waals surface area contributed by atoms with E-state index in [1.165, 1.54) is 6.08 Å². The third-order valence-corrected chi connectivity index (χ3v) is 2.84. The van der Waals surface area contributed by atoms with Crippen molar-refractivity contribution in [3.8, 4) is 0 Å². The van der Waals surface area contributed by atoms with Gasteiger partial charge in [-0.2, -0.15) is 0 Å². The number of hydrogen-bond acceptors (Lipinski definition) is 2. The highest BCUT2D eigenvalue weighted by Crippen LogP contribution is 2.16. The van der Waals surface area contributed by atoms with Crippen LogP contribution in [-0.4, -0.2) is 11.6 Å². The molecule has 0 radical (unpaired) electrons. The van der Waals surface area contributed by atoms with E-state index >= 15 is 0 Å². The molecule has 0 atom stereocenters. The van der Waals surface area contributed by atoms with Gasteiger partial charge in [0.2, 0.25) is 11.6 Å². The van der Waals surface area contributed by atoms with Gasteiger partial charge in [-0.05, 0) is 30.2 Å². The van der Waals surface area contributed by atoms with Crippen LogP contribution in [0.3, 0.4) is 0 Å². The molecule has 86 valence electrons. The van der Waals surface area contributed by atoms with Gasteiger partial charge in [0.15, 0.2) is 0 Å². The fourth-order valence-electron chi connectivity index (χ4n) is 1.70. The second-order valence-corrected chi connectivity index (χ2v) is 4.39. The summed E-state index contributed by atoms with van der Waals surface area (Å²) < 4.78 is 0. The first kappa shape index (κ1) is 11.8. The highest BCUT2D eigenvalue weighted by Gasteiger charge is 2.15. The van der Waals surface area contributed by atoms with Crippen molar-refractivity contribution < 1.29 is 9.59 Å². The van der Waals surface area contributed by atoms with Crippen molar-refractivity contribution in [2.75, 3.05) is 0 Å². The van der Waals surface area contributed by atoms with E-state index in [2.05, 4.69) is 0 Å². The number of halogens is 1. The maximum Gasteiger partial charge on any atom is 0.221 e. The smallest absolute Gasteiger partial charge is 0.221 e. The molecule has 0 bridgehead atoms. The lowest BCUT2D eigenvalue weighted by Gasteiger charge is -2.04. The molecule has 0 heterocycles. The maximum absolute atomic E-state index is 11.4. The number of carbonyl (C=O) groups is 2. The molecule has 1 aromatic rings. The van der Waals surface area contributed by atoms with Crippen LogP contribution in [-0.2, 0) is 16.0 Å². The first-order valence-electron chi connectivity index (χ1n) is 5.33. The number of carbonyl (C=O) groups excluding carboxylic acids is 2. The Morgan fingerprint density at radius 1 is 1.12 bits per heavy atom. The number of benzene rings is 1. The highest BCUT2D eigenvalue weighted by molar-refractivity contribution is 6.42. The van der Waals surface area contributed by atoms with Crippen molar-refractivity contribution in [1.82, 2.24) is 0 Å². The molecule has 0 aromatic heterocycles. The topological polar surface area (TPSA) is 34.1 Å². The van der Waals surface area contributed by atoms with Crippen LogP contribution < -0.4 is 0 Å². The largest absolute Gasteiger partial charge is 0.290 e. The minimum Gasteiger partial charge on any atom is -0.290 e. The molecule has 0 fully saturated rings. The average molecular weight is 247 g/mol. The summed E-state index contributed by atoms with van der Waals surface area (Å²) in [7, 11) is 0. The normalized spacial score (nSPS) is 15.7. The Hall–Kier alpha value is -1.67. The van der Waals surface area contributed by atoms with Crippen LogP contribution in [0.4, 0.5) is 0 Å². The van der Waals surface area contributed by atoms with Gasteiger partial charge >= 0.3 is 0 Å². The summed E-state index contributed by atoms with van der Waals surface area (Å²) >= 11 is 5.80. The molecule has 2 rings (SSSR count). The molecule has 2 nitrogen and oxygen atoms in total. The van der Waals surface area contributed by atoms with E-state index in [0.29, 0.717) is 11.4 Å². The van der Waals surface area contributed by atoms with Crippen LogP contribution in [0, 0.1) is 0 Å². The summed E-state index contributed by atoms with van der Waals surface area (Å²) in [6.07, 6.45) is 5.65. The molecule has 0 aliphatic heterocycles. The second kappa shape index (κ2) is 5.11. The lowest BCUT2D eigenvalue weighted by atomic mass is 10.0. The van der Waals surface area contributed by atoms with Crippen molar-refractivity contribution in [3.05, 3.63) is 58.7 Å². The molecule has 0 amide bonds. The molecule has 1 aliphatic carbocycles. The SMILES string of the molecule is O=C1C=CC=C(Cc2ccc(Cl)cc2)CC1=O. The van der Waals surface area contributed by atoms with Gasteiger partial charge in [0.05, 0.1) is 0 Å². The van der Waals surface area contributed by atoms with Crippen LogP contribution in [0.2, 0.25) is 5.02 Å². The van der Waals surface area contributed by atoms with E-state index in [1.54, 1.807) is 6.08 Å². The number of Topliss-reactive ketones (excluding diaryl/α,β-unsaturated/α-hetero) is 1. The minimum absolute atomic E-state index is 0.203. The third kappa shape index (κ3) is 3.14. The van der Waals surface area contributed by atoms with Gasteiger partial charge in [-0.1, -0.05) is 41.5 Å². The predicted molar refractivity (Wildman–Crippen MR) is 67.0 cm³/mol. The summed E-state index contributed by atoms with van der Waals surface area (Å²) in [5.41, 5.74) is 2.02. The summed E-state index contributed by atoms with van der Waals surface area (Å²) in [5, 5.41) is 0.690. The first-order valence-corrected chi connectivity index (χ1v) is 5.70. The highest BCUT2D eigenvalue weighted by atomic mass is 35.5. The maximum atomic E-state index is 11.4. The molecule has 17 heavy (non-hydrogen) atoms. The minimum atomic E-state index is -0.424. The van der Waals surface area contributed by atoms with Crippen molar-refractivity contribution >= 4 is 23.2 Å². The Bertz CT molecular complexity index is 510. The van der Waals surface area contributed by atoms with Gasteiger partial charge in [-0.15, -0.1) is 0 Å². The van der Waals surface area contributed by atoms with E-state index in [0.717, 1.165) is 11.1 Å². The Kier molecular flexibility index (Phi) is 3.55. The lowest BCUT2D eigenvalue weighted by Crippen LogP contribution is -2.10. The number of allylic oxidation sites excluding steroid dienone is 4. The Labute approximate surface area is 105 Å². The summed E-state index contributed by atoms with van der Waals surface area (Å²) in [6.45, 7) is 0. The Morgan fingerprint density at radius 2 is 1.82 bits per heavy atom. The molecular weight excluding hydrogens is 236 g/mol. The lowest BCUT2D eigenvalue weighted by molar-refractivity contribution is -0.133. The van der Waals surface area contributed by atoms with Gasteiger partial charge in [-0.3, -0.25) is 9.59 Å². The van der Waals surface area contributed by atoms with Crippen LogP contribution in [0.1, 0.15) is 12.0 Å². The zero-order valence-corrected chi connectivity index (χ0v) is 9.91. The fraction of sp³-hybridized carbons (Fsp3) is 0.143. The summed E-state index contributed by atoms with van der Waals surface area (Å²) in [4.78, 5) is 22.6. The van der Waals surface area contributed by atoms with Crippen LogP contribution in [0.15, 0.2) is 48.1 Å². The van der Waals surface area contributed by atoms with Crippen molar-refractivity contribution in [3.63, 3.8) is 0 Å². The van der Waals surface area contributed by atoms with Crippen molar-refractivity contribution in [2.45, 2.75) is 12.8 Å². The number of ketones is 2. The molecule has 0 spiro atoms. The van der Waals surface area contributed by atoms with Gasteiger partial charge < -0.3 is 0 Å². The van der Waals surface area contributed by atoms with E-state index in [-0.39, 0.29) is 12.2 Å². The first-order chi connectivity index (χ1) is 8.15. The Morgan fingerprint density at radius 3 is 2.53 bits per heavy atom. The van der Waals surface area contributed by atoms with Crippen molar-refractivity contribution in [1.29, 1.82) is 0 Å². The molecule has 0 saturated heterocycles. The zero-order valence-electron chi connectivity index (χ0n) is 9.15. The van der Waals surface area contributed by atoms with Crippen molar-refractivity contribution in [2.24, 2.45) is 0 Å². The van der Waals surface area contributed by atoms with Gasteiger partial charge in [-0.25, -0.2) is 0 Å². The van der Waals surface area contributed by atoms with Crippen LogP contribution in [0.25, 0.3) is 0 Å². The standard InChI is InChI=1S/C14H11ClO2/c15-12-6-4-10(5-7-12)8-11-2-1-3-13(16)14(17)9-11/h1-7H,8-9H2. The van der Waals surface area contributed by atoms with E-state index < -0.39 is 5.78 Å². The second-order valence-electron chi connectivity index (χ2n) is 3.95. The molecule has 3 heteroatoms. The quantitative estimate of drug-likeness (QED) is 0.752. The third-order valence-electron chi connectivity index (χ3n) is 2.59. The van der Waals surface area contributed by atoms with Crippen LogP contribution >= 0.6 is 11.6 Å². The molecule has 1 aromatic carbocycles. The number of rotatable bonds is 2. The van der Waals surface area contributed by atoms with E-state index in [4.69, 9.17) is 11.6 Å². The monoisotopic (exact) mass is 246 g/mol. The molecule has 0 N–H and O–H groups in total. The summed E-state index contributed by atoms with van der Waals surface area (Å²) in [6, 6.07) is 7.47. The van der Waals surface area contributed by atoms with Gasteiger partial charge in [0.25, 0.3) is 0 Å².